The zero-order valence-corrected chi connectivity index (χ0v) is 15.1. The van der Waals surface area contributed by atoms with E-state index in [0.717, 1.165) is 29.6 Å². The molecule has 0 aliphatic carbocycles. The number of anilines is 1. The lowest BCUT2D eigenvalue weighted by molar-refractivity contribution is 0.107. The monoisotopic (exact) mass is 346 g/mol. The van der Waals surface area contributed by atoms with Crippen LogP contribution in [0.25, 0.3) is 10.9 Å². The Bertz CT molecular complexity index is 997. The molecule has 132 valence electrons. The molecule has 0 saturated heterocycles. The average Bonchev–Trinajstić information content (AvgIpc) is 3.03. The second-order valence-corrected chi connectivity index (χ2v) is 7.45. The van der Waals surface area contributed by atoms with E-state index in [-0.39, 0.29) is 5.54 Å². The quantitative estimate of drug-likeness (QED) is 0.750. The first-order valence-electron chi connectivity index (χ1n) is 8.89. The van der Waals surface area contributed by atoms with Crippen molar-refractivity contribution in [2.24, 2.45) is 0 Å². The Hall–Kier alpha value is -2.84. The minimum absolute atomic E-state index is 0.257. The van der Waals surface area contributed by atoms with Gasteiger partial charge in [-0.3, -0.25) is 0 Å². The molecule has 0 amide bonds. The maximum atomic E-state index is 9.55. The lowest BCUT2D eigenvalue weighted by atomic mass is 9.94. The molecule has 3 heterocycles. The minimum Gasteiger partial charge on any atom is -0.375 e. The van der Waals surface area contributed by atoms with Crippen LogP contribution in [0.1, 0.15) is 36.2 Å². The summed E-state index contributed by atoms with van der Waals surface area (Å²) in [6, 6.07) is 12.5. The first-order valence-corrected chi connectivity index (χ1v) is 8.89. The number of rotatable bonds is 4. The molecule has 0 saturated carbocycles. The van der Waals surface area contributed by atoms with Crippen LogP contribution in [-0.2, 0) is 24.2 Å². The SMILES string of the molecule is CC(C)(Cc1c[nH]c2ccccc12)Nc1nc2c(cc1C#N)CCOC2. The zero-order valence-electron chi connectivity index (χ0n) is 15.1. The summed E-state index contributed by atoms with van der Waals surface area (Å²) in [5.41, 5.74) is 4.77. The van der Waals surface area contributed by atoms with Crippen LogP contribution in [0.15, 0.2) is 36.5 Å². The highest BCUT2D eigenvalue weighted by Gasteiger charge is 2.24. The number of hydrogen-bond acceptors (Lipinski definition) is 4. The number of benzene rings is 1. The summed E-state index contributed by atoms with van der Waals surface area (Å²) in [6.07, 6.45) is 3.70. The van der Waals surface area contributed by atoms with Crippen LogP contribution >= 0.6 is 0 Å². The molecule has 1 aliphatic rings. The van der Waals surface area contributed by atoms with Crippen LogP contribution in [-0.4, -0.2) is 22.1 Å². The first kappa shape index (κ1) is 16.6. The maximum Gasteiger partial charge on any atom is 0.144 e. The first-order chi connectivity index (χ1) is 12.6. The summed E-state index contributed by atoms with van der Waals surface area (Å²) in [5, 5.41) is 14.3. The summed E-state index contributed by atoms with van der Waals surface area (Å²) in [7, 11) is 0. The van der Waals surface area contributed by atoms with Crippen molar-refractivity contribution < 1.29 is 4.74 Å². The van der Waals surface area contributed by atoms with Gasteiger partial charge in [0, 0.05) is 22.6 Å². The van der Waals surface area contributed by atoms with E-state index in [4.69, 9.17) is 9.72 Å². The molecule has 0 atom stereocenters. The topological polar surface area (TPSA) is 73.7 Å². The van der Waals surface area contributed by atoms with E-state index in [0.29, 0.717) is 24.6 Å². The molecule has 0 bridgehead atoms. The van der Waals surface area contributed by atoms with Gasteiger partial charge in [-0.2, -0.15) is 5.26 Å². The van der Waals surface area contributed by atoms with Gasteiger partial charge in [0.25, 0.3) is 0 Å². The largest absolute Gasteiger partial charge is 0.375 e. The lowest BCUT2D eigenvalue weighted by Crippen LogP contribution is -2.34. The van der Waals surface area contributed by atoms with E-state index in [9.17, 15) is 5.26 Å². The van der Waals surface area contributed by atoms with Crippen LogP contribution in [0.3, 0.4) is 0 Å². The predicted octanol–water partition coefficient (Wildman–Crippen LogP) is 3.94. The van der Waals surface area contributed by atoms with Crippen molar-refractivity contribution in [1.82, 2.24) is 9.97 Å². The molecule has 26 heavy (non-hydrogen) atoms. The fraction of sp³-hybridized carbons (Fsp3) is 0.333. The highest BCUT2D eigenvalue weighted by atomic mass is 16.5. The van der Waals surface area contributed by atoms with Crippen LogP contribution < -0.4 is 5.32 Å². The number of pyridine rings is 1. The Balaban J connectivity index is 1.62. The summed E-state index contributed by atoms with van der Waals surface area (Å²) in [4.78, 5) is 8.02. The Morgan fingerprint density at radius 3 is 3.04 bits per heavy atom. The maximum absolute atomic E-state index is 9.55. The van der Waals surface area contributed by atoms with Crippen LogP contribution in [0.2, 0.25) is 0 Å². The predicted molar refractivity (Wildman–Crippen MR) is 102 cm³/mol. The zero-order chi connectivity index (χ0) is 18.1. The number of H-pyrrole nitrogens is 1. The number of nitriles is 1. The molecule has 2 N–H and O–H groups in total. The average molecular weight is 346 g/mol. The van der Waals surface area contributed by atoms with Gasteiger partial charge in [-0.1, -0.05) is 18.2 Å². The van der Waals surface area contributed by atoms with Gasteiger partial charge >= 0.3 is 0 Å². The highest BCUT2D eigenvalue weighted by Crippen LogP contribution is 2.27. The standard InChI is InChI=1S/C21H22N4O/c1-21(2,10-16-12-23-18-6-4-3-5-17(16)18)25-20-15(11-22)9-14-7-8-26-13-19(14)24-20/h3-6,9,12,23H,7-8,10,13H2,1-2H3,(H,24,25). The van der Waals surface area contributed by atoms with E-state index >= 15 is 0 Å². The molecule has 0 fully saturated rings. The third-order valence-corrected chi connectivity index (χ3v) is 4.83. The van der Waals surface area contributed by atoms with Gasteiger partial charge in [-0.05, 0) is 49.9 Å². The second-order valence-electron chi connectivity index (χ2n) is 7.45. The van der Waals surface area contributed by atoms with Crippen molar-refractivity contribution in [2.75, 3.05) is 11.9 Å². The minimum atomic E-state index is -0.257. The van der Waals surface area contributed by atoms with E-state index in [2.05, 4.69) is 54.6 Å². The fourth-order valence-electron chi connectivity index (χ4n) is 3.58. The lowest BCUT2D eigenvalue weighted by Gasteiger charge is -2.28. The van der Waals surface area contributed by atoms with E-state index in [1.54, 1.807) is 0 Å². The second kappa shape index (κ2) is 6.47. The molecule has 3 aromatic rings. The van der Waals surface area contributed by atoms with Gasteiger partial charge in [-0.25, -0.2) is 4.98 Å². The molecule has 0 unspecified atom stereocenters. The third kappa shape index (κ3) is 3.16. The van der Waals surface area contributed by atoms with Crippen LogP contribution in [0.4, 0.5) is 5.82 Å². The van der Waals surface area contributed by atoms with Crippen molar-refractivity contribution in [3.05, 3.63) is 58.9 Å². The Kier molecular flexibility index (Phi) is 4.14. The van der Waals surface area contributed by atoms with E-state index < -0.39 is 0 Å². The molecule has 1 aliphatic heterocycles. The number of aromatic amines is 1. The fourth-order valence-corrected chi connectivity index (χ4v) is 3.58. The van der Waals surface area contributed by atoms with Gasteiger partial charge in [0.2, 0.25) is 0 Å². The number of nitrogens with zero attached hydrogens (tertiary/aromatic N) is 2. The van der Waals surface area contributed by atoms with Gasteiger partial charge in [0.1, 0.15) is 11.9 Å². The Labute approximate surface area is 153 Å². The van der Waals surface area contributed by atoms with Gasteiger partial charge in [0.05, 0.1) is 24.5 Å². The molecule has 1 aromatic carbocycles. The van der Waals surface area contributed by atoms with Crippen LogP contribution in [0.5, 0.6) is 0 Å². The molecule has 2 aromatic heterocycles. The summed E-state index contributed by atoms with van der Waals surface area (Å²) in [5.74, 6) is 0.640. The van der Waals surface area contributed by atoms with Crippen molar-refractivity contribution in [2.45, 2.75) is 38.8 Å². The molecule has 0 spiro atoms. The molecular formula is C21H22N4O. The van der Waals surface area contributed by atoms with E-state index in [1.165, 1.54) is 10.9 Å². The number of hydrogen-bond donors (Lipinski definition) is 2. The molecule has 5 heteroatoms. The molecular weight excluding hydrogens is 324 g/mol. The number of aromatic nitrogens is 2. The summed E-state index contributed by atoms with van der Waals surface area (Å²) < 4.78 is 5.51. The van der Waals surface area contributed by atoms with Crippen LogP contribution in [0, 0.1) is 11.3 Å². The van der Waals surface area contributed by atoms with Crippen molar-refractivity contribution in [1.29, 1.82) is 5.26 Å². The van der Waals surface area contributed by atoms with Gasteiger partial charge in [-0.15, -0.1) is 0 Å². The third-order valence-electron chi connectivity index (χ3n) is 4.83. The number of ether oxygens (including phenoxy) is 1. The van der Waals surface area contributed by atoms with Gasteiger partial charge in [0.15, 0.2) is 0 Å². The highest BCUT2D eigenvalue weighted by molar-refractivity contribution is 5.83. The smallest absolute Gasteiger partial charge is 0.144 e. The van der Waals surface area contributed by atoms with Crippen molar-refractivity contribution in [3.8, 4) is 6.07 Å². The van der Waals surface area contributed by atoms with E-state index in [1.807, 2.05) is 12.1 Å². The summed E-state index contributed by atoms with van der Waals surface area (Å²) in [6.45, 7) is 5.47. The van der Waals surface area contributed by atoms with Crippen molar-refractivity contribution in [3.63, 3.8) is 0 Å². The summed E-state index contributed by atoms with van der Waals surface area (Å²) >= 11 is 0. The number of nitrogens with one attached hydrogen (secondary N) is 2. The Morgan fingerprint density at radius 2 is 2.19 bits per heavy atom. The number of para-hydroxylation sites is 1. The van der Waals surface area contributed by atoms with Gasteiger partial charge < -0.3 is 15.0 Å². The Morgan fingerprint density at radius 1 is 1.35 bits per heavy atom. The number of fused-ring (bicyclic) bond motifs is 2. The molecule has 0 radical (unpaired) electrons. The van der Waals surface area contributed by atoms with Crippen molar-refractivity contribution >= 4 is 16.7 Å². The molecule has 5 nitrogen and oxygen atoms in total. The normalized spacial score (nSPS) is 14.0. The molecule has 4 rings (SSSR count).